The lowest BCUT2D eigenvalue weighted by Gasteiger charge is -2.31. The summed E-state index contributed by atoms with van der Waals surface area (Å²) in [5.74, 6) is 0.915. The van der Waals surface area contributed by atoms with Gasteiger partial charge in [0.05, 0.1) is 0 Å². The number of fused-ring (bicyclic) bond motifs is 1. The lowest BCUT2D eigenvalue weighted by Crippen LogP contribution is -2.36. The van der Waals surface area contributed by atoms with E-state index in [1.807, 2.05) is 23.1 Å². The Morgan fingerprint density at radius 1 is 1.20 bits per heavy atom. The first kappa shape index (κ1) is 13.5. The molecular weight excluding hydrogens is 248 g/mol. The molecule has 1 aliphatic carbocycles. The summed E-state index contributed by atoms with van der Waals surface area (Å²) in [5.41, 5.74) is 8.96. The topological polar surface area (TPSA) is 46.3 Å². The normalized spacial score (nSPS) is 19.7. The molecule has 20 heavy (non-hydrogen) atoms. The van der Waals surface area contributed by atoms with Crippen LogP contribution in [0.4, 0.5) is 11.4 Å². The van der Waals surface area contributed by atoms with Gasteiger partial charge in [-0.05, 0) is 55.4 Å². The van der Waals surface area contributed by atoms with Gasteiger partial charge in [0.1, 0.15) is 0 Å². The number of hydrogen-bond donors (Lipinski definition) is 1. The first-order chi connectivity index (χ1) is 9.74. The fraction of sp³-hybridized carbons (Fsp3) is 0.588. The van der Waals surface area contributed by atoms with Crippen LogP contribution in [-0.4, -0.2) is 12.5 Å². The summed E-state index contributed by atoms with van der Waals surface area (Å²) in [7, 11) is 0. The van der Waals surface area contributed by atoms with Crippen LogP contribution in [0.3, 0.4) is 0 Å². The van der Waals surface area contributed by atoms with Gasteiger partial charge in [-0.3, -0.25) is 4.79 Å². The van der Waals surface area contributed by atoms with Crippen LogP contribution in [-0.2, 0) is 11.2 Å². The van der Waals surface area contributed by atoms with Gasteiger partial charge in [0.15, 0.2) is 0 Å². The Hall–Kier alpha value is -1.51. The monoisotopic (exact) mass is 272 g/mol. The summed E-state index contributed by atoms with van der Waals surface area (Å²) in [6.07, 6.45) is 9.21. The standard InChI is InChI=1S/C17H24N2O/c18-15-8-9-16-14(12-15)7-4-10-19(16)17(20)11-13-5-2-1-3-6-13/h8-9,12-13H,1-7,10-11,18H2. The number of nitrogens with zero attached hydrogens (tertiary/aromatic N) is 1. The highest BCUT2D eigenvalue weighted by Crippen LogP contribution is 2.32. The Balaban J connectivity index is 1.72. The maximum Gasteiger partial charge on any atom is 0.227 e. The molecule has 0 spiro atoms. The molecule has 2 N–H and O–H groups in total. The minimum atomic E-state index is 0.308. The van der Waals surface area contributed by atoms with Gasteiger partial charge in [-0.25, -0.2) is 0 Å². The smallest absolute Gasteiger partial charge is 0.227 e. The number of carbonyl (C=O) groups is 1. The van der Waals surface area contributed by atoms with E-state index in [0.717, 1.165) is 37.2 Å². The zero-order valence-electron chi connectivity index (χ0n) is 12.1. The first-order valence-electron chi connectivity index (χ1n) is 7.93. The molecule has 3 nitrogen and oxygen atoms in total. The molecule has 0 aromatic heterocycles. The quantitative estimate of drug-likeness (QED) is 0.837. The van der Waals surface area contributed by atoms with E-state index >= 15 is 0 Å². The van der Waals surface area contributed by atoms with Crippen molar-refractivity contribution >= 4 is 17.3 Å². The number of carbonyl (C=O) groups excluding carboxylic acids is 1. The summed E-state index contributed by atoms with van der Waals surface area (Å²) >= 11 is 0. The van der Waals surface area contributed by atoms with E-state index in [1.54, 1.807) is 0 Å². The Kier molecular flexibility index (Phi) is 3.95. The molecule has 3 rings (SSSR count). The third kappa shape index (κ3) is 2.82. The van der Waals surface area contributed by atoms with Crippen LogP contribution in [0.2, 0.25) is 0 Å². The van der Waals surface area contributed by atoms with Crippen molar-refractivity contribution in [2.24, 2.45) is 5.92 Å². The third-order valence-corrected chi connectivity index (χ3v) is 4.71. The van der Waals surface area contributed by atoms with Crippen molar-refractivity contribution in [3.8, 4) is 0 Å². The van der Waals surface area contributed by atoms with Crippen LogP contribution in [0, 0.1) is 5.92 Å². The number of hydrogen-bond acceptors (Lipinski definition) is 2. The fourth-order valence-electron chi connectivity index (χ4n) is 3.62. The van der Waals surface area contributed by atoms with Crippen molar-refractivity contribution in [1.82, 2.24) is 0 Å². The number of nitrogen functional groups attached to an aromatic ring is 1. The molecule has 1 aromatic carbocycles. The van der Waals surface area contributed by atoms with Crippen LogP contribution >= 0.6 is 0 Å². The highest BCUT2D eigenvalue weighted by Gasteiger charge is 2.25. The molecule has 108 valence electrons. The first-order valence-corrected chi connectivity index (χ1v) is 7.93. The minimum absolute atomic E-state index is 0.308. The summed E-state index contributed by atoms with van der Waals surface area (Å²) in [6.45, 7) is 0.864. The fourth-order valence-corrected chi connectivity index (χ4v) is 3.62. The molecule has 0 bridgehead atoms. The van der Waals surface area contributed by atoms with Gasteiger partial charge in [0, 0.05) is 24.3 Å². The Bertz CT molecular complexity index is 492. The lowest BCUT2D eigenvalue weighted by atomic mass is 9.86. The van der Waals surface area contributed by atoms with Crippen LogP contribution in [0.25, 0.3) is 0 Å². The third-order valence-electron chi connectivity index (χ3n) is 4.71. The number of anilines is 2. The van der Waals surface area contributed by atoms with E-state index in [-0.39, 0.29) is 0 Å². The van der Waals surface area contributed by atoms with Crippen molar-refractivity contribution in [2.45, 2.75) is 51.4 Å². The molecule has 1 aliphatic heterocycles. The molecule has 2 aliphatic rings. The number of rotatable bonds is 2. The highest BCUT2D eigenvalue weighted by molar-refractivity contribution is 5.95. The van der Waals surface area contributed by atoms with Crippen molar-refractivity contribution in [1.29, 1.82) is 0 Å². The van der Waals surface area contributed by atoms with Crippen LogP contribution in [0.5, 0.6) is 0 Å². The van der Waals surface area contributed by atoms with Crippen LogP contribution in [0.1, 0.15) is 50.5 Å². The summed E-state index contributed by atoms with van der Waals surface area (Å²) < 4.78 is 0. The van der Waals surface area contributed by atoms with E-state index in [9.17, 15) is 4.79 Å². The molecular formula is C17H24N2O. The van der Waals surface area contributed by atoms with Crippen LogP contribution in [0.15, 0.2) is 18.2 Å². The van der Waals surface area contributed by atoms with Crippen molar-refractivity contribution < 1.29 is 4.79 Å². The molecule has 0 unspecified atom stereocenters. The SMILES string of the molecule is Nc1ccc2c(c1)CCCN2C(=O)CC1CCCCC1. The Morgan fingerprint density at radius 2 is 2.00 bits per heavy atom. The Labute approximate surface area is 121 Å². The molecule has 0 saturated heterocycles. The number of aryl methyl sites for hydroxylation is 1. The molecule has 0 radical (unpaired) electrons. The molecule has 3 heteroatoms. The van der Waals surface area contributed by atoms with Gasteiger partial charge in [0.2, 0.25) is 5.91 Å². The Morgan fingerprint density at radius 3 is 2.80 bits per heavy atom. The molecule has 1 amide bonds. The predicted octanol–water partition coefficient (Wildman–Crippen LogP) is 3.52. The van der Waals surface area contributed by atoms with Gasteiger partial charge in [0.25, 0.3) is 0 Å². The van der Waals surface area contributed by atoms with Crippen molar-refractivity contribution in [3.63, 3.8) is 0 Å². The summed E-state index contributed by atoms with van der Waals surface area (Å²) in [6, 6.07) is 5.95. The summed E-state index contributed by atoms with van der Waals surface area (Å²) in [5, 5.41) is 0. The largest absolute Gasteiger partial charge is 0.399 e. The number of nitrogens with two attached hydrogens (primary N) is 1. The predicted molar refractivity (Wildman–Crippen MR) is 82.7 cm³/mol. The van der Waals surface area contributed by atoms with Crippen LogP contribution < -0.4 is 10.6 Å². The van der Waals surface area contributed by atoms with E-state index in [1.165, 1.54) is 37.7 Å². The number of benzene rings is 1. The van der Waals surface area contributed by atoms with Gasteiger partial charge in [-0.1, -0.05) is 19.3 Å². The second-order valence-electron chi connectivity index (χ2n) is 6.25. The molecule has 0 atom stereocenters. The van der Waals surface area contributed by atoms with Gasteiger partial charge < -0.3 is 10.6 Å². The van der Waals surface area contributed by atoms with E-state index in [0.29, 0.717) is 11.8 Å². The second-order valence-corrected chi connectivity index (χ2v) is 6.25. The highest BCUT2D eigenvalue weighted by atomic mass is 16.2. The molecule has 1 aromatic rings. The van der Waals surface area contributed by atoms with Crippen molar-refractivity contribution in [3.05, 3.63) is 23.8 Å². The minimum Gasteiger partial charge on any atom is -0.399 e. The van der Waals surface area contributed by atoms with Gasteiger partial charge in [-0.2, -0.15) is 0 Å². The second kappa shape index (κ2) is 5.86. The van der Waals surface area contributed by atoms with E-state index in [2.05, 4.69) is 0 Å². The average molecular weight is 272 g/mol. The maximum absolute atomic E-state index is 12.6. The van der Waals surface area contributed by atoms with E-state index < -0.39 is 0 Å². The lowest BCUT2D eigenvalue weighted by molar-refractivity contribution is -0.119. The number of amides is 1. The average Bonchev–Trinajstić information content (AvgIpc) is 2.47. The van der Waals surface area contributed by atoms with E-state index in [4.69, 9.17) is 5.73 Å². The maximum atomic E-state index is 12.6. The van der Waals surface area contributed by atoms with Gasteiger partial charge >= 0.3 is 0 Å². The van der Waals surface area contributed by atoms with Gasteiger partial charge in [-0.15, -0.1) is 0 Å². The molecule has 1 heterocycles. The zero-order chi connectivity index (χ0) is 13.9. The zero-order valence-corrected chi connectivity index (χ0v) is 12.1. The molecule has 1 saturated carbocycles. The summed E-state index contributed by atoms with van der Waals surface area (Å²) in [4.78, 5) is 14.6. The van der Waals surface area contributed by atoms with Crippen molar-refractivity contribution in [2.75, 3.05) is 17.2 Å². The molecule has 1 fully saturated rings.